The van der Waals surface area contributed by atoms with Gasteiger partial charge in [0.05, 0.1) is 11.4 Å². The van der Waals surface area contributed by atoms with Crippen molar-refractivity contribution in [2.24, 2.45) is 17.8 Å². The fourth-order valence-electron chi connectivity index (χ4n) is 6.44. The molecule has 0 spiro atoms. The maximum absolute atomic E-state index is 6.54. The van der Waals surface area contributed by atoms with Crippen molar-refractivity contribution in [3.63, 3.8) is 0 Å². The van der Waals surface area contributed by atoms with E-state index >= 15 is 0 Å². The van der Waals surface area contributed by atoms with E-state index in [1.165, 1.54) is 49.8 Å². The summed E-state index contributed by atoms with van der Waals surface area (Å²) in [6, 6.07) is 17.4. The molecule has 130 valence electrons. The first kappa shape index (κ1) is 15.3. The van der Waals surface area contributed by atoms with Crippen LogP contribution in [-0.2, 0) is 5.41 Å². The van der Waals surface area contributed by atoms with E-state index in [1.54, 1.807) is 0 Å². The standard InChI is InChI=1S/C23H28N2/c1-25(20-5-3-2-4-6-20)22-8-7-19(12-21(22)24)23-13-16-9-17(14-23)11-18(10-16)15-23/h2-8,12,16-18H,9-11,13-15,24H2,1H3. The van der Waals surface area contributed by atoms with Crippen LogP contribution < -0.4 is 10.6 Å². The van der Waals surface area contributed by atoms with E-state index in [-0.39, 0.29) is 0 Å². The van der Waals surface area contributed by atoms with Crippen LogP contribution in [0.4, 0.5) is 17.1 Å². The van der Waals surface area contributed by atoms with E-state index in [1.807, 2.05) is 0 Å². The highest BCUT2D eigenvalue weighted by Gasteiger charge is 2.51. The molecule has 2 N–H and O–H groups in total. The Morgan fingerprint density at radius 2 is 1.48 bits per heavy atom. The Bertz CT molecular complexity index is 745. The summed E-state index contributed by atoms with van der Waals surface area (Å²) in [7, 11) is 2.10. The Morgan fingerprint density at radius 1 is 0.880 bits per heavy atom. The Labute approximate surface area is 151 Å². The maximum atomic E-state index is 6.54. The molecule has 0 aliphatic heterocycles. The molecule has 0 saturated heterocycles. The van der Waals surface area contributed by atoms with Gasteiger partial charge in [0.2, 0.25) is 0 Å². The van der Waals surface area contributed by atoms with Gasteiger partial charge in [0.15, 0.2) is 0 Å². The number of nitrogen functional groups attached to an aromatic ring is 1. The van der Waals surface area contributed by atoms with Gasteiger partial charge in [0.1, 0.15) is 0 Å². The lowest BCUT2D eigenvalue weighted by Crippen LogP contribution is -2.48. The van der Waals surface area contributed by atoms with Gasteiger partial charge in [-0.05, 0) is 91.5 Å². The van der Waals surface area contributed by atoms with Crippen LogP contribution in [-0.4, -0.2) is 7.05 Å². The molecule has 0 amide bonds. The van der Waals surface area contributed by atoms with Crippen molar-refractivity contribution in [1.82, 2.24) is 0 Å². The smallest absolute Gasteiger partial charge is 0.0641 e. The van der Waals surface area contributed by atoms with E-state index in [2.05, 4.69) is 60.5 Å². The average molecular weight is 332 g/mol. The van der Waals surface area contributed by atoms with Crippen LogP contribution in [0.3, 0.4) is 0 Å². The van der Waals surface area contributed by atoms with Crippen molar-refractivity contribution in [2.75, 3.05) is 17.7 Å². The third-order valence-corrected chi connectivity index (χ3v) is 7.18. The molecule has 0 atom stereocenters. The van der Waals surface area contributed by atoms with Gasteiger partial charge >= 0.3 is 0 Å². The summed E-state index contributed by atoms with van der Waals surface area (Å²) >= 11 is 0. The summed E-state index contributed by atoms with van der Waals surface area (Å²) in [4.78, 5) is 2.19. The van der Waals surface area contributed by atoms with E-state index in [4.69, 9.17) is 5.73 Å². The molecule has 4 aliphatic rings. The van der Waals surface area contributed by atoms with E-state index in [9.17, 15) is 0 Å². The SMILES string of the molecule is CN(c1ccccc1)c1ccc(C23CC4CC(CC(C4)C2)C3)cc1N. The summed E-state index contributed by atoms with van der Waals surface area (Å²) in [6.45, 7) is 0. The molecule has 4 saturated carbocycles. The Hall–Kier alpha value is -1.96. The summed E-state index contributed by atoms with van der Waals surface area (Å²) in [5, 5.41) is 0. The van der Waals surface area contributed by atoms with Crippen molar-refractivity contribution in [3.8, 4) is 0 Å². The molecule has 0 unspecified atom stereocenters. The molecule has 2 aromatic carbocycles. The quantitative estimate of drug-likeness (QED) is 0.752. The first-order valence-electron chi connectivity index (χ1n) is 9.82. The molecule has 25 heavy (non-hydrogen) atoms. The minimum absolute atomic E-state index is 0.423. The predicted octanol–water partition coefficient (Wildman–Crippen LogP) is 5.50. The van der Waals surface area contributed by atoms with Crippen LogP contribution in [0.1, 0.15) is 44.1 Å². The van der Waals surface area contributed by atoms with E-state index in [0.717, 1.165) is 29.1 Å². The van der Waals surface area contributed by atoms with Crippen LogP contribution in [0.15, 0.2) is 48.5 Å². The number of rotatable bonds is 3. The Morgan fingerprint density at radius 3 is 2.04 bits per heavy atom. The van der Waals surface area contributed by atoms with Gasteiger partial charge in [-0.15, -0.1) is 0 Å². The summed E-state index contributed by atoms with van der Waals surface area (Å²) in [5.74, 6) is 2.91. The van der Waals surface area contributed by atoms with Crippen LogP contribution in [0.2, 0.25) is 0 Å². The van der Waals surface area contributed by atoms with Gasteiger partial charge in [-0.1, -0.05) is 24.3 Å². The van der Waals surface area contributed by atoms with Crippen molar-refractivity contribution >= 4 is 17.1 Å². The molecular formula is C23H28N2. The van der Waals surface area contributed by atoms with Gasteiger partial charge in [0, 0.05) is 12.7 Å². The van der Waals surface area contributed by atoms with Gasteiger partial charge in [0.25, 0.3) is 0 Å². The first-order chi connectivity index (χ1) is 12.1. The molecule has 0 aromatic heterocycles. The van der Waals surface area contributed by atoms with E-state index in [0.29, 0.717) is 5.41 Å². The predicted molar refractivity (Wildman–Crippen MR) is 105 cm³/mol. The molecular weight excluding hydrogens is 304 g/mol. The number of hydrogen-bond donors (Lipinski definition) is 1. The highest BCUT2D eigenvalue weighted by atomic mass is 15.1. The number of anilines is 3. The van der Waals surface area contributed by atoms with Gasteiger partial charge < -0.3 is 10.6 Å². The Kier molecular flexibility index (Phi) is 3.38. The molecule has 0 radical (unpaired) electrons. The zero-order valence-electron chi connectivity index (χ0n) is 15.1. The third kappa shape index (κ3) is 2.46. The van der Waals surface area contributed by atoms with Gasteiger partial charge in [-0.2, -0.15) is 0 Å². The lowest BCUT2D eigenvalue weighted by molar-refractivity contribution is -0.00515. The lowest BCUT2D eigenvalue weighted by atomic mass is 9.48. The normalized spacial score (nSPS) is 32.8. The number of para-hydroxylation sites is 1. The second-order valence-corrected chi connectivity index (χ2v) is 8.87. The molecule has 4 aliphatic carbocycles. The second kappa shape index (κ2) is 5.52. The monoisotopic (exact) mass is 332 g/mol. The minimum atomic E-state index is 0.423. The maximum Gasteiger partial charge on any atom is 0.0641 e. The van der Waals surface area contributed by atoms with E-state index < -0.39 is 0 Å². The van der Waals surface area contributed by atoms with Gasteiger partial charge in [-0.25, -0.2) is 0 Å². The fraction of sp³-hybridized carbons (Fsp3) is 0.478. The van der Waals surface area contributed by atoms with Crippen LogP contribution in [0.25, 0.3) is 0 Å². The molecule has 4 bridgehead atoms. The minimum Gasteiger partial charge on any atom is -0.397 e. The largest absolute Gasteiger partial charge is 0.397 e. The number of hydrogen-bond acceptors (Lipinski definition) is 2. The molecule has 2 aromatic rings. The number of nitrogens with two attached hydrogens (primary N) is 1. The van der Waals surface area contributed by atoms with Crippen molar-refractivity contribution in [2.45, 2.75) is 43.9 Å². The molecule has 6 rings (SSSR count). The zero-order chi connectivity index (χ0) is 17.0. The summed E-state index contributed by atoms with van der Waals surface area (Å²) < 4.78 is 0. The topological polar surface area (TPSA) is 29.3 Å². The fourth-order valence-corrected chi connectivity index (χ4v) is 6.44. The van der Waals surface area contributed by atoms with Crippen LogP contribution in [0, 0.1) is 17.8 Å². The molecule has 2 nitrogen and oxygen atoms in total. The van der Waals surface area contributed by atoms with Crippen molar-refractivity contribution in [3.05, 3.63) is 54.1 Å². The van der Waals surface area contributed by atoms with Crippen LogP contribution in [0.5, 0.6) is 0 Å². The molecule has 2 heteroatoms. The van der Waals surface area contributed by atoms with Crippen molar-refractivity contribution < 1.29 is 0 Å². The third-order valence-electron chi connectivity index (χ3n) is 7.18. The van der Waals surface area contributed by atoms with Crippen LogP contribution >= 0.6 is 0 Å². The molecule has 4 fully saturated rings. The zero-order valence-corrected chi connectivity index (χ0v) is 15.1. The second-order valence-electron chi connectivity index (χ2n) is 8.87. The lowest BCUT2D eigenvalue weighted by Gasteiger charge is -2.57. The highest BCUT2D eigenvalue weighted by Crippen LogP contribution is 2.61. The average Bonchev–Trinajstić information content (AvgIpc) is 2.61. The number of nitrogens with zero attached hydrogens (tertiary/aromatic N) is 1. The highest BCUT2D eigenvalue weighted by molar-refractivity contribution is 5.75. The summed E-state index contributed by atoms with van der Waals surface area (Å²) in [5.41, 5.74) is 11.7. The summed E-state index contributed by atoms with van der Waals surface area (Å²) in [6.07, 6.45) is 8.65. The molecule has 0 heterocycles. The van der Waals surface area contributed by atoms with Crippen molar-refractivity contribution in [1.29, 1.82) is 0 Å². The first-order valence-corrected chi connectivity index (χ1v) is 9.82. The Balaban J connectivity index is 1.48. The number of benzene rings is 2. The van der Waals surface area contributed by atoms with Gasteiger partial charge in [-0.3, -0.25) is 0 Å².